The van der Waals surface area contributed by atoms with E-state index < -0.39 is 0 Å². The fourth-order valence-electron chi connectivity index (χ4n) is 2.92. The first-order valence-corrected chi connectivity index (χ1v) is 8.13. The number of benzene rings is 1. The third kappa shape index (κ3) is 3.54. The maximum Gasteiger partial charge on any atom is 0.131 e. The second kappa shape index (κ2) is 6.86. The van der Waals surface area contributed by atoms with Gasteiger partial charge < -0.3 is 10.1 Å². The van der Waals surface area contributed by atoms with Crippen LogP contribution in [-0.4, -0.2) is 24.7 Å². The van der Waals surface area contributed by atoms with Gasteiger partial charge in [-0.3, -0.25) is 0 Å². The molecule has 2 aromatic rings. The van der Waals surface area contributed by atoms with Gasteiger partial charge in [0, 0.05) is 42.1 Å². The fourth-order valence-corrected chi connectivity index (χ4v) is 3.22. The number of hydrogen-bond acceptors (Lipinski definition) is 3. The van der Waals surface area contributed by atoms with Crippen molar-refractivity contribution in [2.75, 3.05) is 25.1 Å². The SMILES string of the molecule is Clc1ccc(C2(CNc3ccnc(Cl)c3)CCOCC2)cc1. The molecule has 0 aliphatic carbocycles. The van der Waals surface area contributed by atoms with Crippen LogP contribution in [0.1, 0.15) is 18.4 Å². The minimum absolute atomic E-state index is 0.0542. The zero-order chi connectivity index (χ0) is 15.4. The first-order valence-electron chi connectivity index (χ1n) is 7.37. The molecule has 0 unspecified atom stereocenters. The molecular formula is C17H18Cl2N2O. The Morgan fingerprint density at radius 3 is 2.50 bits per heavy atom. The van der Waals surface area contributed by atoms with Crippen molar-refractivity contribution in [3.05, 3.63) is 58.3 Å². The lowest BCUT2D eigenvalue weighted by atomic mass is 9.74. The zero-order valence-corrected chi connectivity index (χ0v) is 13.7. The minimum atomic E-state index is 0.0542. The molecule has 0 atom stereocenters. The summed E-state index contributed by atoms with van der Waals surface area (Å²) < 4.78 is 5.56. The Hall–Kier alpha value is -1.29. The van der Waals surface area contributed by atoms with E-state index in [1.165, 1.54) is 5.56 Å². The molecule has 1 saturated heterocycles. The molecule has 0 radical (unpaired) electrons. The van der Waals surface area contributed by atoms with E-state index in [0.29, 0.717) is 5.15 Å². The molecule has 0 spiro atoms. The summed E-state index contributed by atoms with van der Waals surface area (Å²) in [7, 11) is 0. The van der Waals surface area contributed by atoms with Gasteiger partial charge in [-0.2, -0.15) is 0 Å². The molecular weight excluding hydrogens is 319 g/mol. The van der Waals surface area contributed by atoms with Crippen molar-refractivity contribution in [1.29, 1.82) is 0 Å². The molecule has 3 nitrogen and oxygen atoms in total. The molecule has 0 bridgehead atoms. The third-order valence-electron chi connectivity index (χ3n) is 4.26. The predicted molar refractivity (Wildman–Crippen MR) is 90.9 cm³/mol. The maximum absolute atomic E-state index is 6.02. The average Bonchev–Trinajstić information content (AvgIpc) is 2.55. The lowest BCUT2D eigenvalue weighted by molar-refractivity contribution is 0.0544. The van der Waals surface area contributed by atoms with E-state index >= 15 is 0 Å². The van der Waals surface area contributed by atoms with Crippen LogP contribution in [0.5, 0.6) is 0 Å². The van der Waals surface area contributed by atoms with Crippen molar-refractivity contribution in [3.8, 4) is 0 Å². The van der Waals surface area contributed by atoms with E-state index in [0.717, 1.165) is 43.3 Å². The molecule has 5 heteroatoms. The van der Waals surface area contributed by atoms with E-state index in [1.54, 1.807) is 6.20 Å². The quantitative estimate of drug-likeness (QED) is 0.831. The molecule has 1 aliphatic rings. The Bertz CT molecular complexity index is 625. The van der Waals surface area contributed by atoms with Crippen LogP contribution in [0.2, 0.25) is 10.2 Å². The molecule has 1 aliphatic heterocycles. The Labute approximate surface area is 140 Å². The number of rotatable bonds is 4. The number of halogens is 2. The predicted octanol–water partition coefficient (Wildman–Crippen LogP) is 4.55. The standard InChI is InChI=1S/C17H18Cl2N2O/c18-14-3-1-13(2-4-14)17(6-9-22-10-7-17)12-21-15-5-8-20-16(19)11-15/h1-5,8,11H,6-7,9-10,12H2,(H,20,21). The molecule has 22 heavy (non-hydrogen) atoms. The van der Waals surface area contributed by atoms with Crippen LogP contribution in [0.3, 0.4) is 0 Å². The Morgan fingerprint density at radius 2 is 1.82 bits per heavy atom. The van der Waals surface area contributed by atoms with Gasteiger partial charge in [0.1, 0.15) is 5.15 Å². The number of nitrogens with one attached hydrogen (secondary N) is 1. The van der Waals surface area contributed by atoms with E-state index in [1.807, 2.05) is 24.3 Å². The second-order valence-electron chi connectivity index (χ2n) is 5.62. The lowest BCUT2D eigenvalue weighted by Gasteiger charge is -2.38. The van der Waals surface area contributed by atoms with Crippen LogP contribution in [-0.2, 0) is 10.2 Å². The second-order valence-corrected chi connectivity index (χ2v) is 6.44. The Balaban J connectivity index is 1.81. The summed E-state index contributed by atoms with van der Waals surface area (Å²) in [5.74, 6) is 0. The lowest BCUT2D eigenvalue weighted by Crippen LogP contribution is -2.40. The molecule has 116 valence electrons. The van der Waals surface area contributed by atoms with Crippen molar-refractivity contribution >= 4 is 28.9 Å². The number of ether oxygens (including phenoxy) is 1. The van der Waals surface area contributed by atoms with Gasteiger partial charge in [0.2, 0.25) is 0 Å². The summed E-state index contributed by atoms with van der Waals surface area (Å²) in [6, 6.07) is 11.9. The normalized spacial score (nSPS) is 17.2. The number of hydrogen-bond donors (Lipinski definition) is 1. The number of nitrogens with zero attached hydrogens (tertiary/aromatic N) is 1. The molecule has 0 amide bonds. The summed E-state index contributed by atoms with van der Waals surface area (Å²) in [4.78, 5) is 4.01. The minimum Gasteiger partial charge on any atom is -0.384 e. The summed E-state index contributed by atoms with van der Waals surface area (Å²) in [6.45, 7) is 2.39. The van der Waals surface area contributed by atoms with Gasteiger partial charge in [-0.05, 0) is 42.7 Å². The van der Waals surface area contributed by atoms with Crippen molar-refractivity contribution in [1.82, 2.24) is 4.98 Å². The molecule has 1 aromatic heterocycles. The van der Waals surface area contributed by atoms with Crippen molar-refractivity contribution in [2.24, 2.45) is 0 Å². The van der Waals surface area contributed by atoms with Crippen LogP contribution >= 0.6 is 23.2 Å². The monoisotopic (exact) mass is 336 g/mol. The molecule has 1 N–H and O–H groups in total. The fraction of sp³-hybridized carbons (Fsp3) is 0.353. The highest BCUT2D eigenvalue weighted by Gasteiger charge is 2.34. The molecule has 1 aromatic carbocycles. The number of anilines is 1. The van der Waals surface area contributed by atoms with Crippen LogP contribution in [0.25, 0.3) is 0 Å². The van der Waals surface area contributed by atoms with Crippen LogP contribution in [0.15, 0.2) is 42.6 Å². The first kappa shape index (κ1) is 15.6. The maximum atomic E-state index is 6.02. The van der Waals surface area contributed by atoms with Gasteiger partial charge in [-0.1, -0.05) is 35.3 Å². The highest BCUT2D eigenvalue weighted by atomic mass is 35.5. The Morgan fingerprint density at radius 1 is 1.09 bits per heavy atom. The summed E-state index contributed by atoms with van der Waals surface area (Å²) in [5, 5.41) is 4.76. The van der Waals surface area contributed by atoms with Crippen LogP contribution < -0.4 is 5.32 Å². The van der Waals surface area contributed by atoms with E-state index in [-0.39, 0.29) is 5.41 Å². The summed E-state index contributed by atoms with van der Waals surface area (Å²) in [6.07, 6.45) is 3.69. The highest BCUT2D eigenvalue weighted by molar-refractivity contribution is 6.30. The first-order chi connectivity index (χ1) is 10.7. The summed E-state index contributed by atoms with van der Waals surface area (Å²) >= 11 is 12.0. The van der Waals surface area contributed by atoms with Gasteiger partial charge in [-0.15, -0.1) is 0 Å². The van der Waals surface area contributed by atoms with Gasteiger partial charge in [-0.25, -0.2) is 4.98 Å². The largest absolute Gasteiger partial charge is 0.384 e. The van der Waals surface area contributed by atoms with E-state index in [4.69, 9.17) is 27.9 Å². The topological polar surface area (TPSA) is 34.2 Å². The van der Waals surface area contributed by atoms with Crippen LogP contribution in [0, 0.1) is 0 Å². The van der Waals surface area contributed by atoms with Gasteiger partial charge in [0.15, 0.2) is 0 Å². The highest BCUT2D eigenvalue weighted by Crippen LogP contribution is 2.35. The summed E-state index contributed by atoms with van der Waals surface area (Å²) in [5.41, 5.74) is 2.34. The number of aromatic nitrogens is 1. The van der Waals surface area contributed by atoms with E-state index in [2.05, 4.69) is 22.4 Å². The van der Waals surface area contributed by atoms with Crippen molar-refractivity contribution < 1.29 is 4.74 Å². The van der Waals surface area contributed by atoms with E-state index in [9.17, 15) is 0 Å². The molecule has 1 fully saturated rings. The van der Waals surface area contributed by atoms with Gasteiger partial charge >= 0.3 is 0 Å². The van der Waals surface area contributed by atoms with Crippen molar-refractivity contribution in [2.45, 2.75) is 18.3 Å². The third-order valence-corrected chi connectivity index (χ3v) is 4.72. The van der Waals surface area contributed by atoms with Crippen molar-refractivity contribution in [3.63, 3.8) is 0 Å². The number of pyridine rings is 1. The molecule has 2 heterocycles. The average molecular weight is 337 g/mol. The Kier molecular flexibility index (Phi) is 4.87. The van der Waals surface area contributed by atoms with Gasteiger partial charge in [0.25, 0.3) is 0 Å². The van der Waals surface area contributed by atoms with Gasteiger partial charge in [0.05, 0.1) is 0 Å². The zero-order valence-electron chi connectivity index (χ0n) is 12.2. The molecule has 3 rings (SSSR count). The smallest absolute Gasteiger partial charge is 0.131 e. The molecule has 0 saturated carbocycles. The van der Waals surface area contributed by atoms with Crippen LogP contribution in [0.4, 0.5) is 5.69 Å².